The summed E-state index contributed by atoms with van der Waals surface area (Å²) in [5.74, 6) is -2.27. The Hall–Kier alpha value is -2.61. The van der Waals surface area contributed by atoms with Gasteiger partial charge in [0.2, 0.25) is 0 Å². The van der Waals surface area contributed by atoms with Gasteiger partial charge in [-0.15, -0.1) is 0 Å². The Labute approximate surface area is 146 Å². The third-order valence-corrected chi connectivity index (χ3v) is 5.21. The zero-order valence-electron chi connectivity index (χ0n) is 13.2. The monoisotopic (exact) mass is 360 g/mol. The van der Waals surface area contributed by atoms with Gasteiger partial charge in [-0.2, -0.15) is 0 Å². The molecule has 8 heteroatoms. The van der Waals surface area contributed by atoms with E-state index in [-0.39, 0.29) is 0 Å². The van der Waals surface area contributed by atoms with Crippen molar-refractivity contribution in [2.75, 3.05) is 31.1 Å². The molecule has 1 aromatic carbocycles. The number of thiazole rings is 1. The van der Waals surface area contributed by atoms with Crippen molar-refractivity contribution >= 4 is 32.7 Å². The molecule has 0 unspecified atom stereocenters. The van der Waals surface area contributed by atoms with Crippen LogP contribution in [0.1, 0.15) is 10.4 Å². The second-order valence-corrected chi connectivity index (χ2v) is 6.66. The minimum Gasteiger partial charge on any atom is -0.344 e. The zero-order valence-corrected chi connectivity index (χ0v) is 14.0. The molecule has 0 saturated carbocycles. The highest BCUT2D eigenvalue weighted by atomic mass is 32.1. The van der Waals surface area contributed by atoms with Crippen LogP contribution in [0, 0.1) is 11.6 Å². The first-order valence-electron chi connectivity index (χ1n) is 7.83. The van der Waals surface area contributed by atoms with E-state index in [0.29, 0.717) is 26.2 Å². The van der Waals surface area contributed by atoms with E-state index < -0.39 is 23.1 Å². The highest BCUT2D eigenvalue weighted by Crippen LogP contribution is 2.28. The van der Waals surface area contributed by atoms with Crippen molar-refractivity contribution in [3.8, 4) is 0 Å². The van der Waals surface area contributed by atoms with Crippen LogP contribution in [-0.2, 0) is 0 Å². The van der Waals surface area contributed by atoms with Crippen LogP contribution in [0.15, 0.2) is 36.5 Å². The SMILES string of the molecule is O=C(c1c(F)cccc1F)N1CCN(c2nc3cccnc3s2)CC1. The molecule has 1 amide bonds. The lowest BCUT2D eigenvalue weighted by atomic mass is 10.1. The Balaban J connectivity index is 1.48. The zero-order chi connectivity index (χ0) is 17.4. The molecule has 0 bridgehead atoms. The number of aromatic nitrogens is 2. The molecule has 4 rings (SSSR count). The van der Waals surface area contributed by atoms with Gasteiger partial charge >= 0.3 is 0 Å². The first-order chi connectivity index (χ1) is 12.1. The second-order valence-electron chi connectivity index (χ2n) is 5.70. The first kappa shape index (κ1) is 15.9. The van der Waals surface area contributed by atoms with Crippen molar-refractivity contribution in [2.45, 2.75) is 0 Å². The van der Waals surface area contributed by atoms with Crippen molar-refractivity contribution in [3.63, 3.8) is 0 Å². The van der Waals surface area contributed by atoms with Crippen LogP contribution >= 0.6 is 11.3 Å². The Morgan fingerprint density at radius 1 is 1.04 bits per heavy atom. The van der Waals surface area contributed by atoms with E-state index >= 15 is 0 Å². The molecule has 1 fully saturated rings. The van der Waals surface area contributed by atoms with Gasteiger partial charge in [-0.3, -0.25) is 4.79 Å². The number of piperazine rings is 1. The summed E-state index contributed by atoms with van der Waals surface area (Å²) in [5, 5.41) is 0.845. The van der Waals surface area contributed by atoms with Crippen molar-refractivity contribution in [3.05, 3.63) is 53.7 Å². The van der Waals surface area contributed by atoms with E-state index in [2.05, 4.69) is 14.9 Å². The largest absolute Gasteiger partial charge is 0.344 e. The maximum Gasteiger partial charge on any atom is 0.259 e. The highest BCUT2D eigenvalue weighted by Gasteiger charge is 2.27. The van der Waals surface area contributed by atoms with Crippen molar-refractivity contribution in [1.82, 2.24) is 14.9 Å². The summed E-state index contributed by atoms with van der Waals surface area (Å²) in [6, 6.07) is 7.19. The second kappa shape index (κ2) is 6.36. The van der Waals surface area contributed by atoms with E-state index in [0.717, 1.165) is 27.6 Å². The van der Waals surface area contributed by atoms with Crippen molar-refractivity contribution in [1.29, 1.82) is 0 Å². The third kappa shape index (κ3) is 2.93. The highest BCUT2D eigenvalue weighted by molar-refractivity contribution is 7.21. The number of pyridine rings is 1. The van der Waals surface area contributed by atoms with E-state index in [1.165, 1.54) is 22.3 Å². The number of carbonyl (C=O) groups excluding carboxylic acids is 1. The predicted octanol–water partition coefficient (Wildman–Crippen LogP) is 2.93. The number of hydrogen-bond donors (Lipinski definition) is 0. The minimum absolute atomic E-state index is 0.385. The minimum atomic E-state index is -0.829. The van der Waals surface area contributed by atoms with Crippen LogP contribution < -0.4 is 4.90 Å². The number of anilines is 1. The number of halogens is 2. The molecule has 1 saturated heterocycles. The van der Waals surface area contributed by atoms with Gasteiger partial charge in [0, 0.05) is 32.4 Å². The van der Waals surface area contributed by atoms with E-state index in [1.807, 2.05) is 12.1 Å². The topological polar surface area (TPSA) is 49.3 Å². The van der Waals surface area contributed by atoms with Crippen molar-refractivity contribution in [2.24, 2.45) is 0 Å². The van der Waals surface area contributed by atoms with Gasteiger partial charge in [-0.05, 0) is 24.3 Å². The van der Waals surface area contributed by atoms with Gasteiger partial charge in [-0.25, -0.2) is 18.7 Å². The normalized spacial score (nSPS) is 15.0. The van der Waals surface area contributed by atoms with Crippen LogP contribution in [0.5, 0.6) is 0 Å². The lowest BCUT2D eigenvalue weighted by Crippen LogP contribution is -2.49. The summed E-state index contributed by atoms with van der Waals surface area (Å²) < 4.78 is 27.6. The summed E-state index contributed by atoms with van der Waals surface area (Å²) in [7, 11) is 0. The lowest BCUT2D eigenvalue weighted by molar-refractivity contribution is 0.0737. The molecule has 1 aliphatic heterocycles. The standard InChI is InChI=1S/C17H14F2N4OS/c18-11-3-1-4-12(19)14(11)16(24)22-7-9-23(10-8-22)17-21-13-5-2-6-20-15(13)25-17/h1-6H,7-10H2. The van der Waals surface area contributed by atoms with E-state index in [1.54, 1.807) is 6.20 Å². The maximum atomic E-state index is 13.8. The average molecular weight is 360 g/mol. The van der Waals surface area contributed by atoms with Crippen LogP contribution in [0.2, 0.25) is 0 Å². The molecule has 0 aliphatic carbocycles. The fraction of sp³-hybridized carbons (Fsp3) is 0.235. The molecule has 0 N–H and O–H groups in total. The molecular formula is C17H14F2N4OS. The summed E-state index contributed by atoms with van der Waals surface area (Å²) in [4.78, 5) is 25.7. The van der Waals surface area contributed by atoms with Gasteiger partial charge < -0.3 is 9.80 Å². The number of nitrogens with zero attached hydrogens (tertiary/aromatic N) is 4. The van der Waals surface area contributed by atoms with Gasteiger partial charge in [0.1, 0.15) is 27.5 Å². The first-order valence-corrected chi connectivity index (χ1v) is 8.65. The quantitative estimate of drug-likeness (QED) is 0.705. The fourth-order valence-electron chi connectivity index (χ4n) is 2.85. The fourth-order valence-corrected chi connectivity index (χ4v) is 3.82. The molecule has 2 aromatic heterocycles. The summed E-state index contributed by atoms with van der Waals surface area (Å²) in [6.07, 6.45) is 1.73. The number of carbonyl (C=O) groups is 1. The van der Waals surface area contributed by atoms with Crippen LogP contribution in [0.4, 0.5) is 13.9 Å². The summed E-state index contributed by atoms with van der Waals surface area (Å²) in [6.45, 7) is 1.88. The van der Waals surface area contributed by atoms with Crippen molar-refractivity contribution < 1.29 is 13.6 Å². The molecule has 25 heavy (non-hydrogen) atoms. The number of amides is 1. The molecular weight excluding hydrogens is 346 g/mol. The van der Waals surface area contributed by atoms with Gasteiger partial charge in [0.05, 0.1) is 0 Å². The molecule has 3 heterocycles. The number of hydrogen-bond acceptors (Lipinski definition) is 5. The smallest absolute Gasteiger partial charge is 0.259 e. The molecule has 0 spiro atoms. The number of rotatable bonds is 2. The average Bonchev–Trinajstić information content (AvgIpc) is 3.06. The molecule has 0 atom stereocenters. The molecule has 5 nitrogen and oxygen atoms in total. The Bertz CT molecular complexity index is 884. The maximum absolute atomic E-state index is 13.8. The molecule has 1 aliphatic rings. The molecule has 0 radical (unpaired) electrons. The van der Waals surface area contributed by atoms with Crippen LogP contribution in [0.3, 0.4) is 0 Å². The predicted molar refractivity (Wildman–Crippen MR) is 91.9 cm³/mol. The lowest BCUT2D eigenvalue weighted by Gasteiger charge is -2.34. The van der Waals surface area contributed by atoms with Gasteiger partial charge in [-0.1, -0.05) is 17.4 Å². The third-order valence-electron chi connectivity index (χ3n) is 4.17. The number of fused-ring (bicyclic) bond motifs is 1. The van der Waals surface area contributed by atoms with Crippen LogP contribution in [-0.4, -0.2) is 47.0 Å². The van der Waals surface area contributed by atoms with E-state index in [9.17, 15) is 13.6 Å². The Kier molecular flexibility index (Phi) is 4.04. The Morgan fingerprint density at radius 3 is 2.44 bits per heavy atom. The summed E-state index contributed by atoms with van der Waals surface area (Å²) in [5.41, 5.74) is 0.356. The van der Waals surface area contributed by atoms with Gasteiger partial charge in [0.15, 0.2) is 5.13 Å². The van der Waals surface area contributed by atoms with E-state index in [4.69, 9.17) is 0 Å². The summed E-state index contributed by atoms with van der Waals surface area (Å²) >= 11 is 1.49. The van der Waals surface area contributed by atoms with Crippen LogP contribution in [0.25, 0.3) is 10.3 Å². The van der Waals surface area contributed by atoms with Gasteiger partial charge in [0.25, 0.3) is 5.91 Å². The Morgan fingerprint density at radius 2 is 1.76 bits per heavy atom. The molecule has 128 valence electrons. The number of benzene rings is 1. The molecule has 3 aromatic rings.